The van der Waals surface area contributed by atoms with Crippen molar-refractivity contribution in [3.63, 3.8) is 0 Å². The maximum absolute atomic E-state index is 12.9. The predicted molar refractivity (Wildman–Crippen MR) is 98.4 cm³/mol. The van der Waals surface area contributed by atoms with Crippen molar-refractivity contribution in [3.05, 3.63) is 24.3 Å². The number of aromatic nitrogens is 2. The Bertz CT molecular complexity index is 597. The average molecular weight is 358 g/mol. The van der Waals surface area contributed by atoms with Gasteiger partial charge in [0.25, 0.3) is 0 Å². The van der Waals surface area contributed by atoms with Crippen LogP contribution in [0.4, 0.5) is 0 Å². The number of amides is 1. The number of carbonyl (C=O) groups is 1. The molecule has 0 spiro atoms. The highest BCUT2D eigenvalue weighted by Gasteiger charge is 2.38. The van der Waals surface area contributed by atoms with E-state index in [0.717, 1.165) is 37.7 Å². The van der Waals surface area contributed by atoms with Crippen LogP contribution in [-0.2, 0) is 11.2 Å². The van der Waals surface area contributed by atoms with Crippen molar-refractivity contribution in [2.24, 2.45) is 11.8 Å². The van der Waals surface area contributed by atoms with Gasteiger partial charge >= 0.3 is 0 Å². The number of rotatable bonds is 4. The lowest BCUT2D eigenvalue weighted by atomic mass is 9.94. The first-order chi connectivity index (χ1) is 12.7. The third kappa shape index (κ3) is 3.91. The third-order valence-corrected chi connectivity index (χ3v) is 6.53. The topological polar surface area (TPSA) is 69.6 Å². The molecule has 6 heteroatoms. The first kappa shape index (κ1) is 17.9. The van der Waals surface area contributed by atoms with Gasteiger partial charge in [0.2, 0.25) is 5.91 Å². The lowest BCUT2D eigenvalue weighted by Crippen LogP contribution is -2.45. The molecule has 0 aromatic carbocycles. The molecular weight excluding hydrogens is 328 g/mol. The van der Waals surface area contributed by atoms with Gasteiger partial charge in [-0.25, -0.2) is 0 Å². The summed E-state index contributed by atoms with van der Waals surface area (Å²) >= 11 is 0. The zero-order chi connectivity index (χ0) is 17.9. The van der Waals surface area contributed by atoms with E-state index in [0.29, 0.717) is 19.5 Å². The number of nitrogens with zero attached hydrogens (tertiary/aromatic N) is 4. The number of aliphatic hydroxyl groups excluding tert-OH is 1. The highest BCUT2D eigenvalue weighted by Crippen LogP contribution is 2.30. The number of piperidine rings is 1. The fourth-order valence-corrected chi connectivity index (χ4v) is 4.98. The lowest BCUT2D eigenvalue weighted by Gasteiger charge is -2.36. The van der Waals surface area contributed by atoms with E-state index >= 15 is 0 Å². The molecule has 1 aromatic rings. The number of aliphatic hydroxyl groups is 1. The van der Waals surface area contributed by atoms with Gasteiger partial charge in [0.15, 0.2) is 0 Å². The number of likely N-dealkylation sites (tertiary alicyclic amines) is 2. The summed E-state index contributed by atoms with van der Waals surface area (Å²) in [5.41, 5.74) is 0.885. The molecule has 1 aromatic heterocycles. The predicted octanol–water partition coefficient (Wildman–Crippen LogP) is 1.49. The first-order valence-corrected chi connectivity index (χ1v) is 10.2. The molecule has 1 aliphatic carbocycles. The molecule has 2 atom stereocenters. The summed E-state index contributed by atoms with van der Waals surface area (Å²) in [6.07, 6.45) is 12.6. The van der Waals surface area contributed by atoms with Gasteiger partial charge in [-0.3, -0.25) is 14.8 Å². The van der Waals surface area contributed by atoms with E-state index in [4.69, 9.17) is 0 Å². The Kier molecular flexibility index (Phi) is 5.50. The summed E-state index contributed by atoms with van der Waals surface area (Å²) in [4.78, 5) is 25.8. The van der Waals surface area contributed by atoms with Crippen LogP contribution in [0.1, 0.15) is 44.2 Å². The van der Waals surface area contributed by atoms with Crippen LogP contribution in [0.5, 0.6) is 0 Å². The van der Waals surface area contributed by atoms with Gasteiger partial charge in [0.1, 0.15) is 0 Å². The second kappa shape index (κ2) is 8.01. The zero-order valence-electron chi connectivity index (χ0n) is 15.5. The second-order valence-electron chi connectivity index (χ2n) is 8.22. The molecule has 26 heavy (non-hydrogen) atoms. The van der Waals surface area contributed by atoms with Crippen LogP contribution in [0.15, 0.2) is 18.6 Å². The Hall–Kier alpha value is -1.53. The van der Waals surface area contributed by atoms with Crippen LogP contribution < -0.4 is 0 Å². The first-order valence-electron chi connectivity index (χ1n) is 10.2. The molecule has 2 aliphatic heterocycles. The number of hydrogen-bond acceptors (Lipinski definition) is 5. The Balaban J connectivity index is 1.28. The van der Waals surface area contributed by atoms with Crippen molar-refractivity contribution in [1.82, 2.24) is 19.8 Å². The summed E-state index contributed by atoms with van der Waals surface area (Å²) in [6.45, 7) is 3.22. The molecule has 0 bridgehead atoms. The number of hydrogen-bond donors (Lipinski definition) is 1. The maximum atomic E-state index is 12.9. The summed E-state index contributed by atoms with van der Waals surface area (Å²) in [5, 5.41) is 10.4. The minimum Gasteiger partial charge on any atom is -0.391 e. The van der Waals surface area contributed by atoms with Crippen molar-refractivity contribution in [2.45, 2.75) is 57.1 Å². The van der Waals surface area contributed by atoms with Gasteiger partial charge in [0.05, 0.1) is 11.8 Å². The van der Waals surface area contributed by atoms with Crippen molar-refractivity contribution in [1.29, 1.82) is 0 Å². The summed E-state index contributed by atoms with van der Waals surface area (Å²) in [5.74, 6) is 0.445. The van der Waals surface area contributed by atoms with E-state index in [2.05, 4.69) is 14.9 Å². The summed E-state index contributed by atoms with van der Waals surface area (Å²) in [7, 11) is 0. The fraction of sp³-hybridized carbons (Fsp3) is 0.750. The van der Waals surface area contributed by atoms with Crippen LogP contribution in [0.3, 0.4) is 0 Å². The molecule has 3 heterocycles. The standard InChI is InChI=1S/C20H30N4O2/c25-19-14-24(13-16(19)11-17-12-21-7-8-22-17)20(26)15-5-9-23(10-6-15)18-3-1-2-4-18/h7-8,12,15-16,18-19,25H,1-6,9-11,13-14H2/t16-,19-/m1/s1. The molecule has 3 fully saturated rings. The Labute approximate surface area is 155 Å². The van der Waals surface area contributed by atoms with Crippen molar-refractivity contribution in [2.75, 3.05) is 26.2 Å². The molecule has 3 aliphatic rings. The van der Waals surface area contributed by atoms with Crippen LogP contribution in [-0.4, -0.2) is 69.1 Å². The highest BCUT2D eigenvalue weighted by molar-refractivity contribution is 5.79. The van der Waals surface area contributed by atoms with Gasteiger partial charge in [-0.05, 0) is 45.2 Å². The Morgan fingerprint density at radius 3 is 2.58 bits per heavy atom. The molecule has 2 saturated heterocycles. The van der Waals surface area contributed by atoms with E-state index < -0.39 is 6.10 Å². The SMILES string of the molecule is O=C(C1CCN(C2CCCC2)CC1)N1C[C@@H](Cc2cnccn2)[C@H](O)C1. The van der Waals surface area contributed by atoms with Gasteiger partial charge in [-0.1, -0.05) is 12.8 Å². The molecule has 6 nitrogen and oxygen atoms in total. The quantitative estimate of drug-likeness (QED) is 0.883. The van der Waals surface area contributed by atoms with E-state index in [9.17, 15) is 9.90 Å². The summed E-state index contributed by atoms with van der Waals surface area (Å²) < 4.78 is 0. The van der Waals surface area contributed by atoms with E-state index in [1.807, 2.05) is 4.90 Å². The minimum atomic E-state index is -0.459. The molecule has 1 N–H and O–H groups in total. The normalized spacial score (nSPS) is 28.7. The van der Waals surface area contributed by atoms with Crippen LogP contribution >= 0.6 is 0 Å². The van der Waals surface area contributed by atoms with E-state index in [1.54, 1.807) is 18.6 Å². The lowest BCUT2D eigenvalue weighted by molar-refractivity contribution is -0.136. The third-order valence-electron chi connectivity index (χ3n) is 6.53. The van der Waals surface area contributed by atoms with Crippen LogP contribution in [0.25, 0.3) is 0 Å². The second-order valence-corrected chi connectivity index (χ2v) is 8.22. The van der Waals surface area contributed by atoms with E-state index in [-0.39, 0.29) is 17.7 Å². The molecule has 1 amide bonds. The van der Waals surface area contributed by atoms with Crippen LogP contribution in [0.2, 0.25) is 0 Å². The minimum absolute atomic E-state index is 0.0641. The van der Waals surface area contributed by atoms with Gasteiger partial charge in [-0.15, -0.1) is 0 Å². The largest absolute Gasteiger partial charge is 0.391 e. The number of β-amino-alcohol motifs (C(OH)–C–C–N with tert-alkyl or cyclic N) is 1. The zero-order valence-corrected chi connectivity index (χ0v) is 15.5. The highest BCUT2D eigenvalue weighted by atomic mass is 16.3. The average Bonchev–Trinajstić information content (AvgIpc) is 3.33. The van der Waals surface area contributed by atoms with Gasteiger partial charge < -0.3 is 14.9 Å². The molecule has 0 radical (unpaired) electrons. The van der Waals surface area contributed by atoms with Crippen molar-refractivity contribution >= 4 is 5.91 Å². The molecule has 142 valence electrons. The molecule has 1 saturated carbocycles. The summed E-state index contributed by atoms with van der Waals surface area (Å²) in [6, 6.07) is 0.760. The molecule has 4 rings (SSSR count). The van der Waals surface area contributed by atoms with Crippen LogP contribution in [0, 0.1) is 11.8 Å². The molecular formula is C20H30N4O2. The van der Waals surface area contributed by atoms with Crippen molar-refractivity contribution in [3.8, 4) is 0 Å². The Morgan fingerprint density at radius 2 is 1.88 bits per heavy atom. The van der Waals surface area contributed by atoms with Gasteiger partial charge in [-0.2, -0.15) is 0 Å². The Morgan fingerprint density at radius 1 is 1.12 bits per heavy atom. The van der Waals surface area contributed by atoms with Gasteiger partial charge in [0, 0.05) is 49.6 Å². The number of carbonyl (C=O) groups excluding carboxylic acids is 1. The molecule has 0 unspecified atom stereocenters. The van der Waals surface area contributed by atoms with Crippen molar-refractivity contribution < 1.29 is 9.90 Å². The maximum Gasteiger partial charge on any atom is 0.225 e. The monoisotopic (exact) mass is 358 g/mol. The fourth-order valence-electron chi connectivity index (χ4n) is 4.98. The smallest absolute Gasteiger partial charge is 0.225 e. The van der Waals surface area contributed by atoms with E-state index in [1.165, 1.54) is 25.7 Å².